The molecule has 0 aromatic heterocycles. The van der Waals surface area contributed by atoms with Gasteiger partial charge in [-0.2, -0.15) is 0 Å². The van der Waals surface area contributed by atoms with Crippen molar-refractivity contribution in [2.45, 2.75) is 0 Å². The summed E-state index contributed by atoms with van der Waals surface area (Å²) in [5.41, 5.74) is 0.353. The molecule has 0 aliphatic carbocycles. The van der Waals surface area contributed by atoms with Crippen LogP contribution in [0.25, 0.3) is 0 Å². The average Bonchev–Trinajstić information content (AvgIpc) is 2.08. The predicted octanol–water partition coefficient (Wildman–Crippen LogP) is 2.33. The molecule has 0 radical (unpaired) electrons. The molecule has 0 bridgehead atoms. The van der Waals surface area contributed by atoms with Gasteiger partial charge >= 0.3 is 0 Å². The number of carbonyl (C=O) groups is 1. The molecule has 0 aliphatic heterocycles. The minimum Gasteiger partial charge on any atom is -0.400 e. The van der Waals surface area contributed by atoms with Crippen molar-refractivity contribution in [3.05, 3.63) is 34.9 Å². The maximum absolute atomic E-state index is 10.5. The second-order valence-electron chi connectivity index (χ2n) is 1.75. The Hall–Kier alpha value is -0.570. The van der Waals surface area contributed by atoms with E-state index in [9.17, 15) is 4.79 Å². The molecule has 0 spiro atoms. The fourth-order valence-electron chi connectivity index (χ4n) is 0.621. The van der Waals surface area contributed by atoms with Crippen LogP contribution < -0.4 is 0 Å². The van der Waals surface area contributed by atoms with Gasteiger partial charge in [0.05, 0.1) is 10.6 Å². The lowest BCUT2D eigenvalue weighted by atomic mass is 10.2. The highest BCUT2D eigenvalue weighted by Gasteiger charge is 2.03. The van der Waals surface area contributed by atoms with Gasteiger partial charge < -0.3 is 5.11 Å². The molecule has 0 atom stereocenters. The first-order valence-corrected chi connectivity index (χ1v) is 3.86. The summed E-state index contributed by atoms with van der Waals surface area (Å²) >= 11 is 10.8. The van der Waals surface area contributed by atoms with Crippen molar-refractivity contribution in [1.82, 2.24) is 0 Å². The Labute approximate surface area is 80.7 Å². The van der Waals surface area contributed by atoms with Crippen LogP contribution in [0.3, 0.4) is 0 Å². The van der Waals surface area contributed by atoms with Crippen LogP contribution in [-0.2, 0) is 0 Å². The van der Waals surface area contributed by atoms with Gasteiger partial charge in [0.1, 0.15) is 0 Å². The van der Waals surface area contributed by atoms with Crippen LogP contribution in [-0.4, -0.2) is 17.5 Å². The molecule has 0 saturated carbocycles. The molecule has 0 aliphatic rings. The Morgan fingerprint density at radius 1 is 1.33 bits per heavy atom. The first kappa shape index (κ1) is 11.4. The zero-order valence-corrected chi connectivity index (χ0v) is 7.93. The quantitative estimate of drug-likeness (QED) is 0.717. The Balaban J connectivity index is 0.000000561. The molecule has 4 heteroatoms. The summed E-state index contributed by atoms with van der Waals surface area (Å²) < 4.78 is 0. The largest absolute Gasteiger partial charge is 0.400 e. The van der Waals surface area contributed by atoms with Gasteiger partial charge in [0, 0.05) is 7.11 Å². The van der Waals surface area contributed by atoms with Crippen molar-refractivity contribution in [2.24, 2.45) is 0 Å². The molecule has 1 rings (SSSR count). The van der Waals surface area contributed by atoms with Crippen LogP contribution in [0.4, 0.5) is 0 Å². The molecule has 12 heavy (non-hydrogen) atoms. The fraction of sp³-hybridized carbons (Fsp3) is 0.125. The van der Waals surface area contributed by atoms with Gasteiger partial charge in [-0.25, -0.2) is 0 Å². The monoisotopic (exact) mass is 206 g/mol. The molecule has 0 amide bonds. The Bertz CT molecular complexity index is 261. The van der Waals surface area contributed by atoms with Gasteiger partial charge in [-0.1, -0.05) is 23.7 Å². The Kier molecular flexibility index (Phi) is 5.72. The van der Waals surface area contributed by atoms with E-state index in [-0.39, 0.29) is 0 Å². The second kappa shape index (κ2) is 6.00. The Morgan fingerprint density at radius 2 is 1.83 bits per heavy atom. The summed E-state index contributed by atoms with van der Waals surface area (Å²) in [7, 11) is 1.00. The van der Waals surface area contributed by atoms with Gasteiger partial charge in [0.2, 0.25) is 0 Å². The van der Waals surface area contributed by atoms with E-state index in [0.29, 0.717) is 10.6 Å². The van der Waals surface area contributed by atoms with E-state index < -0.39 is 5.24 Å². The smallest absolute Gasteiger partial charge is 0.253 e. The molecule has 2 nitrogen and oxygen atoms in total. The predicted molar refractivity (Wildman–Crippen MR) is 49.8 cm³/mol. The highest BCUT2D eigenvalue weighted by Crippen LogP contribution is 2.16. The topological polar surface area (TPSA) is 37.3 Å². The number of carbonyl (C=O) groups excluding carboxylic acids is 1. The maximum Gasteiger partial charge on any atom is 0.253 e. The van der Waals surface area contributed by atoms with Gasteiger partial charge in [-0.05, 0) is 23.7 Å². The third kappa shape index (κ3) is 3.22. The van der Waals surface area contributed by atoms with Crippen LogP contribution >= 0.6 is 23.2 Å². The van der Waals surface area contributed by atoms with E-state index in [4.69, 9.17) is 28.3 Å². The molecule has 0 fully saturated rings. The van der Waals surface area contributed by atoms with Crippen LogP contribution in [0.2, 0.25) is 5.02 Å². The first-order valence-electron chi connectivity index (χ1n) is 3.11. The molecule has 1 aromatic carbocycles. The lowest BCUT2D eigenvalue weighted by molar-refractivity contribution is 0.108. The molecular weight excluding hydrogens is 199 g/mol. The molecule has 1 aromatic rings. The third-order valence-electron chi connectivity index (χ3n) is 1.09. The molecule has 0 saturated heterocycles. The zero-order chi connectivity index (χ0) is 9.56. The molecule has 1 N–H and O–H groups in total. The van der Waals surface area contributed by atoms with Crippen molar-refractivity contribution >= 4 is 28.4 Å². The fourth-order valence-corrected chi connectivity index (χ4v) is 1.06. The zero-order valence-electron chi connectivity index (χ0n) is 6.42. The molecule has 0 heterocycles. The highest BCUT2D eigenvalue weighted by molar-refractivity contribution is 6.68. The number of rotatable bonds is 1. The van der Waals surface area contributed by atoms with E-state index in [2.05, 4.69) is 0 Å². The Morgan fingerprint density at radius 3 is 2.17 bits per heavy atom. The van der Waals surface area contributed by atoms with Crippen LogP contribution in [0.15, 0.2) is 24.3 Å². The molecule has 0 unspecified atom stereocenters. The summed E-state index contributed by atoms with van der Waals surface area (Å²) in [6.45, 7) is 0. The van der Waals surface area contributed by atoms with Gasteiger partial charge in [-0.15, -0.1) is 0 Å². The van der Waals surface area contributed by atoms with Crippen LogP contribution in [0.5, 0.6) is 0 Å². The summed E-state index contributed by atoms with van der Waals surface area (Å²) in [4.78, 5) is 10.5. The van der Waals surface area contributed by atoms with E-state index >= 15 is 0 Å². The van der Waals surface area contributed by atoms with Crippen molar-refractivity contribution in [2.75, 3.05) is 7.11 Å². The SMILES string of the molecule is CO.O=C(Cl)c1ccccc1Cl. The van der Waals surface area contributed by atoms with E-state index in [1.54, 1.807) is 24.3 Å². The van der Waals surface area contributed by atoms with Crippen LogP contribution in [0, 0.1) is 0 Å². The third-order valence-corrected chi connectivity index (χ3v) is 1.62. The van der Waals surface area contributed by atoms with Crippen molar-refractivity contribution < 1.29 is 9.90 Å². The number of hydrogen-bond donors (Lipinski definition) is 1. The summed E-state index contributed by atoms with van der Waals surface area (Å²) in [5, 5.41) is 6.87. The van der Waals surface area contributed by atoms with Gasteiger partial charge in [0.15, 0.2) is 0 Å². The van der Waals surface area contributed by atoms with Crippen molar-refractivity contribution in [1.29, 1.82) is 0 Å². The summed E-state index contributed by atoms with van der Waals surface area (Å²) in [6.07, 6.45) is 0. The highest BCUT2D eigenvalue weighted by atomic mass is 35.5. The average molecular weight is 207 g/mol. The maximum atomic E-state index is 10.5. The number of aliphatic hydroxyl groups is 1. The van der Waals surface area contributed by atoms with Crippen molar-refractivity contribution in [3.8, 4) is 0 Å². The normalized spacial score (nSPS) is 8.33. The summed E-state index contributed by atoms with van der Waals surface area (Å²) in [5.74, 6) is 0. The number of halogens is 2. The summed E-state index contributed by atoms with van der Waals surface area (Å²) in [6, 6.07) is 6.65. The van der Waals surface area contributed by atoms with E-state index in [1.165, 1.54) is 0 Å². The second-order valence-corrected chi connectivity index (χ2v) is 2.50. The number of benzene rings is 1. The first-order chi connectivity index (χ1) is 5.72. The molecule has 66 valence electrons. The molecular formula is C8H8Cl2O2. The minimum atomic E-state index is -0.523. The number of aliphatic hydroxyl groups excluding tert-OH is 1. The van der Waals surface area contributed by atoms with Gasteiger partial charge in [0.25, 0.3) is 5.24 Å². The lowest BCUT2D eigenvalue weighted by Crippen LogP contribution is -1.87. The standard InChI is InChI=1S/C7H4Cl2O.CH4O/c8-6-4-2-1-3-5(6)7(9)10;1-2/h1-4H;2H,1H3. The van der Waals surface area contributed by atoms with Gasteiger partial charge in [-0.3, -0.25) is 4.79 Å². The van der Waals surface area contributed by atoms with Crippen molar-refractivity contribution in [3.63, 3.8) is 0 Å². The number of hydrogen-bond acceptors (Lipinski definition) is 2. The van der Waals surface area contributed by atoms with E-state index in [0.717, 1.165) is 7.11 Å². The van der Waals surface area contributed by atoms with E-state index in [1.807, 2.05) is 0 Å². The van der Waals surface area contributed by atoms with Crippen LogP contribution in [0.1, 0.15) is 10.4 Å². The minimum absolute atomic E-state index is 0.353. The lowest BCUT2D eigenvalue weighted by Gasteiger charge is -1.93.